The van der Waals surface area contributed by atoms with E-state index in [9.17, 15) is 4.79 Å². The number of nitrogens with zero attached hydrogens (tertiary/aromatic N) is 3. The van der Waals surface area contributed by atoms with Crippen LogP contribution in [0.5, 0.6) is 0 Å². The molecule has 0 spiro atoms. The van der Waals surface area contributed by atoms with Crippen molar-refractivity contribution in [2.24, 2.45) is 0 Å². The van der Waals surface area contributed by atoms with E-state index >= 15 is 0 Å². The molecule has 2 heterocycles. The van der Waals surface area contributed by atoms with E-state index in [0.717, 1.165) is 57.3 Å². The maximum absolute atomic E-state index is 12.4. The van der Waals surface area contributed by atoms with E-state index in [0.29, 0.717) is 12.2 Å². The van der Waals surface area contributed by atoms with Gasteiger partial charge in [-0.25, -0.2) is 0 Å². The lowest BCUT2D eigenvalue weighted by atomic mass is 10.2. The third-order valence-electron chi connectivity index (χ3n) is 5.09. The summed E-state index contributed by atoms with van der Waals surface area (Å²) in [6.07, 6.45) is 1.66. The van der Waals surface area contributed by atoms with E-state index in [4.69, 9.17) is 4.74 Å². The van der Waals surface area contributed by atoms with Gasteiger partial charge >= 0.3 is 0 Å². The summed E-state index contributed by atoms with van der Waals surface area (Å²) >= 11 is 0. The van der Waals surface area contributed by atoms with Crippen molar-refractivity contribution in [2.45, 2.75) is 13.8 Å². The van der Waals surface area contributed by atoms with Gasteiger partial charge in [-0.3, -0.25) is 14.7 Å². The molecule has 156 valence electrons. The summed E-state index contributed by atoms with van der Waals surface area (Å²) < 4.78 is 5.34. The van der Waals surface area contributed by atoms with E-state index in [2.05, 4.69) is 63.5 Å². The SMILES string of the molecule is CCN(CC)c1ccc(Nc2ccnc(C(=O)NCCN3CCOCC3)c2)cc1. The predicted octanol–water partition coefficient (Wildman–Crippen LogP) is 2.73. The summed E-state index contributed by atoms with van der Waals surface area (Å²) in [5.74, 6) is -0.154. The van der Waals surface area contributed by atoms with Gasteiger partial charge in [-0.05, 0) is 50.2 Å². The van der Waals surface area contributed by atoms with Crippen molar-refractivity contribution in [3.63, 3.8) is 0 Å². The Morgan fingerprint density at radius 2 is 1.83 bits per heavy atom. The number of morpholine rings is 1. The van der Waals surface area contributed by atoms with Gasteiger partial charge < -0.3 is 20.3 Å². The number of pyridine rings is 1. The molecule has 7 nitrogen and oxygen atoms in total. The molecule has 0 radical (unpaired) electrons. The molecular weight excluding hydrogens is 366 g/mol. The van der Waals surface area contributed by atoms with E-state index in [1.807, 2.05) is 6.07 Å². The second-order valence-corrected chi connectivity index (χ2v) is 6.98. The standard InChI is InChI=1S/C22H31N5O2/c1-3-27(4-2)20-7-5-18(6-8-20)25-19-9-10-23-21(17-19)22(28)24-11-12-26-13-15-29-16-14-26/h5-10,17H,3-4,11-16H2,1-2H3,(H,23,25)(H,24,28). The van der Waals surface area contributed by atoms with Crippen LogP contribution in [0.2, 0.25) is 0 Å². The van der Waals surface area contributed by atoms with Gasteiger partial charge in [0.25, 0.3) is 5.91 Å². The molecule has 0 bridgehead atoms. The second kappa shape index (κ2) is 10.8. The number of carbonyl (C=O) groups is 1. The summed E-state index contributed by atoms with van der Waals surface area (Å²) in [5, 5.41) is 6.30. The highest BCUT2D eigenvalue weighted by Gasteiger charge is 2.12. The number of amides is 1. The molecule has 1 saturated heterocycles. The van der Waals surface area contributed by atoms with Gasteiger partial charge in [0, 0.05) is 62.5 Å². The molecule has 3 rings (SSSR count). The van der Waals surface area contributed by atoms with Crippen LogP contribution in [-0.4, -0.2) is 68.3 Å². The van der Waals surface area contributed by atoms with Gasteiger partial charge in [0.15, 0.2) is 0 Å². The van der Waals surface area contributed by atoms with Crippen molar-refractivity contribution in [3.05, 3.63) is 48.3 Å². The van der Waals surface area contributed by atoms with Crippen molar-refractivity contribution in [2.75, 3.05) is 62.7 Å². The molecule has 1 aliphatic heterocycles. The highest BCUT2D eigenvalue weighted by molar-refractivity contribution is 5.93. The third kappa shape index (κ3) is 6.17. The topological polar surface area (TPSA) is 69.7 Å². The number of ether oxygens (including phenoxy) is 1. The van der Waals surface area contributed by atoms with Crippen molar-refractivity contribution >= 4 is 23.0 Å². The van der Waals surface area contributed by atoms with Crippen LogP contribution in [0.25, 0.3) is 0 Å². The fourth-order valence-electron chi connectivity index (χ4n) is 3.39. The number of anilines is 3. The van der Waals surface area contributed by atoms with Crippen molar-refractivity contribution in [3.8, 4) is 0 Å². The summed E-state index contributed by atoms with van der Waals surface area (Å²) in [4.78, 5) is 21.2. The van der Waals surface area contributed by atoms with Gasteiger partial charge in [-0.15, -0.1) is 0 Å². The van der Waals surface area contributed by atoms with Crippen molar-refractivity contribution in [1.29, 1.82) is 0 Å². The van der Waals surface area contributed by atoms with Crippen LogP contribution < -0.4 is 15.5 Å². The highest BCUT2D eigenvalue weighted by atomic mass is 16.5. The first kappa shape index (κ1) is 21.1. The maximum Gasteiger partial charge on any atom is 0.269 e. The minimum absolute atomic E-state index is 0.154. The lowest BCUT2D eigenvalue weighted by Crippen LogP contribution is -2.41. The third-order valence-corrected chi connectivity index (χ3v) is 5.09. The number of hydrogen-bond acceptors (Lipinski definition) is 6. The van der Waals surface area contributed by atoms with Gasteiger partial charge in [0.2, 0.25) is 0 Å². The molecule has 0 saturated carbocycles. The number of aromatic nitrogens is 1. The second-order valence-electron chi connectivity index (χ2n) is 6.98. The van der Waals surface area contributed by atoms with Gasteiger partial charge in [0.1, 0.15) is 5.69 Å². The Hall–Kier alpha value is -2.64. The highest BCUT2D eigenvalue weighted by Crippen LogP contribution is 2.21. The minimum Gasteiger partial charge on any atom is -0.379 e. The zero-order valence-electron chi connectivity index (χ0n) is 17.4. The van der Waals surface area contributed by atoms with Crippen molar-refractivity contribution < 1.29 is 9.53 Å². The molecule has 1 fully saturated rings. The Kier molecular flexibility index (Phi) is 7.84. The number of benzene rings is 1. The monoisotopic (exact) mass is 397 g/mol. The summed E-state index contributed by atoms with van der Waals surface area (Å²) in [7, 11) is 0. The normalized spacial score (nSPS) is 14.4. The molecule has 7 heteroatoms. The largest absolute Gasteiger partial charge is 0.379 e. The summed E-state index contributed by atoms with van der Waals surface area (Å²) in [5.41, 5.74) is 3.44. The molecule has 2 aromatic rings. The lowest BCUT2D eigenvalue weighted by molar-refractivity contribution is 0.0383. The fourth-order valence-corrected chi connectivity index (χ4v) is 3.39. The van der Waals surface area contributed by atoms with Crippen LogP contribution in [-0.2, 0) is 4.74 Å². The first-order valence-electron chi connectivity index (χ1n) is 10.4. The molecule has 29 heavy (non-hydrogen) atoms. The van der Waals surface area contributed by atoms with Crippen LogP contribution in [0.15, 0.2) is 42.6 Å². The predicted molar refractivity (Wildman–Crippen MR) is 117 cm³/mol. The maximum atomic E-state index is 12.4. The number of hydrogen-bond donors (Lipinski definition) is 2. The smallest absolute Gasteiger partial charge is 0.269 e. The van der Waals surface area contributed by atoms with E-state index < -0.39 is 0 Å². The Morgan fingerprint density at radius 3 is 2.52 bits per heavy atom. The van der Waals surface area contributed by atoms with Crippen LogP contribution in [0.1, 0.15) is 24.3 Å². The summed E-state index contributed by atoms with van der Waals surface area (Å²) in [6.45, 7) is 11.1. The molecule has 1 aliphatic rings. The molecule has 0 aliphatic carbocycles. The zero-order valence-corrected chi connectivity index (χ0v) is 17.4. The number of carbonyl (C=O) groups excluding carboxylic acids is 1. The van der Waals surface area contributed by atoms with Gasteiger partial charge in [-0.1, -0.05) is 0 Å². The zero-order chi connectivity index (χ0) is 20.5. The molecule has 0 atom stereocenters. The Morgan fingerprint density at radius 1 is 1.10 bits per heavy atom. The van der Waals surface area contributed by atoms with E-state index in [1.165, 1.54) is 5.69 Å². The van der Waals surface area contributed by atoms with Gasteiger partial charge in [-0.2, -0.15) is 0 Å². The fraction of sp³-hybridized carbons (Fsp3) is 0.455. The molecular formula is C22H31N5O2. The molecule has 1 aromatic carbocycles. The average Bonchev–Trinajstić information content (AvgIpc) is 2.76. The Bertz CT molecular complexity index is 771. The van der Waals surface area contributed by atoms with E-state index in [-0.39, 0.29) is 5.91 Å². The average molecular weight is 398 g/mol. The number of nitrogens with one attached hydrogen (secondary N) is 2. The first-order valence-corrected chi connectivity index (χ1v) is 10.4. The minimum atomic E-state index is -0.154. The molecule has 1 amide bonds. The van der Waals surface area contributed by atoms with Crippen LogP contribution >= 0.6 is 0 Å². The molecule has 0 unspecified atom stereocenters. The quantitative estimate of drug-likeness (QED) is 0.678. The van der Waals surface area contributed by atoms with Crippen LogP contribution in [0.4, 0.5) is 17.1 Å². The first-order chi connectivity index (χ1) is 14.2. The van der Waals surface area contributed by atoms with E-state index in [1.54, 1.807) is 12.3 Å². The summed E-state index contributed by atoms with van der Waals surface area (Å²) in [6, 6.07) is 12.0. The lowest BCUT2D eigenvalue weighted by Gasteiger charge is -2.26. The number of rotatable bonds is 9. The van der Waals surface area contributed by atoms with Gasteiger partial charge in [0.05, 0.1) is 13.2 Å². The molecule has 1 aromatic heterocycles. The van der Waals surface area contributed by atoms with Crippen LogP contribution in [0.3, 0.4) is 0 Å². The van der Waals surface area contributed by atoms with Crippen molar-refractivity contribution in [1.82, 2.24) is 15.2 Å². The Labute approximate surface area is 173 Å². The molecule has 2 N–H and O–H groups in total. The van der Waals surface area contributed by atoms with Crippen LogP contribution in [0, 0.1) is 0 Å². The Balaban J connectivity index is 1.53.